The normalized spacial score (nSPS) is 14.3. The maximum Gasteiger partial charge on any atom is 0.416 e. The number of carbonyl (C=O) groups excluding carboxylic acids is 1. The lowest BCUT2D eigenvalue weighted by Crippen LogP contribution is -2.44. The second kappa shape index (κ2) is 13.1. The number of anilines is 2. The molecule has 0 aliphatic carbocycles. The molecule has 1 fully saturated rings. The van der Waals surface area contributed by atoms with Crippen molar-refractivity contribution in [3.8, 4) is 23.0 Å². The number of alkyl halides is 3. The van der Waals surface area contributed by atoms with Crippen LogP contribution in [0.15, 0.2) is 53.2 Å². The number of thiophene rings is 1. The van der Waals surface area contributed by atoms with Gasteiger partial charge in [-0.05, 0) is 60.8 Å². The van der Waals surface area contributed by atoms with Crippen molar-refractivity contribution in [2.45, 2.75) is 19.6 Å². The van der Waals surface area contributed by atoms with E-state index in [4.69, 9.17) is 10.1 Å². The lowest BCUT2D eigenvalue weighted by Gasteiger charge is -2.33. The van der Waals surface area contributed by atoms with Crippen LogP contribution in [0.4, 0.5) is 24.7 Å². The standard InChI is InChI=1S/C31H32F3N7O2S/c1-19-4-5-20(14-26(19)43-30-24(16-35)28(36-2)38-27(39-30)22-8-13-44-18-22)29(42)37-23-7-6-21(25(15-23)31(32,33)34)17-41-11-9-40(3)10-12-41/h4-8,13-16,18,35H,9-12,17H2,1-3H3,(H,37,42)(H,36,38,39). The van der Waals surface area contributed by atoms with E-state index in [0.717, 1.165) is 30.9 Å². The molecule has 0 saturated carbocycles. The van der Waals surface area contributed by atoms with E-state index in [2.05, 4.69) is 25.5 Å². The van der Waals surface area contributed by atoms with Crippen LogP contribution in [0.25, 0.3) is 11.4 Å². The van der Waals surface area contributed by atoms with E-state index in [1.807, 2.05) is 28.8 Å². The average molecular weight is 624 g/mol. The van der Waals surface area contributed by atoms with Gasteiger partial charge in [0.2, 0.25) is 5.88 Å². The van der Waals surface area contributed by atoms with E-state index < -0.39 is 17.6 Å². The lowest BCUT2D eigenvalue weighted by atomic mass is 10.0. The molecule has 0 bridgehead atoms. The summed E-state index contributed by atoms with van der Waals surface area (Å²) >= 11 is 1.49. The molecule has 2 aromatic carbocycles. The summed E-state index contributed by atoms with van der Waals surface area (Å²) in [6, 6.07) is 10.5. The number of nitrogens with one attached hydrogen (secondary N) is 3. The largest absolute Gasteiger partial charge is 0.438 e. The summed E-state index contributed by atoms with van der Waals surface area (Å²) in [6.07, 6.45) is -3.50. The lowest BCUT2D eigenvalue weighted by molar-refractivity contribution is -0.138. The van der Waals surface area contributed by atoms with Gasteiger partial charge in [0.15, 0.2) is 5.82 Å². The third-order valence-electron chi connectivity index (χ3n) is 7.39. The first kappa shape index (κ1) is 31.1. The van der Waals surface area contributed by atoms with Crippen LogP contribution < -0.4 is 15.4 Å². The molecule has 5 rings (SSSR count). The van der Waals surface area contributed by atoms with Crippen molar-refractivity contribution in [3.63, 3.8) is 0 Å². The van der Waals surface area contributed by atoms with E-state index in [9.17, 15) is 18.0 Å². The quantitative estimate of drug-likeness (QED) is 0.186. The SMILES string of the molecule is CNc1nc(-c2ccsc2)nc(Oc2cc(C(=O)Nc3ccc(CN4CCN(C)CC4)c(C(F)(F)F)c3)ccc2C)c1C=N. The molecule has 0 unspecified atom stereocenters. The minimum Gasteiger partial charge on any atom is -0.438 e. The monoisotopic (exact) mass is 623 g/mol. The van der Waals surface area contributed by atoms with Gasteiger partial charge in [-0.2, -0.15) is 29.5 Å². The first-order chi connectivity index (χ1) is 21.0. The fourth-order valence-electron chi connectivity index (χ4n) is 4.83. The zero-order valence-electron chi connectivity index (χ0n) is 24.5. The molecule has 3 heterocycles. The first-order valence-electron chi connectivity index (χ1n) is 13.9. The van der Waals surface area contributed by atoms with Crippen LogP contribution in [0.5, 0.6) is 11.6 Å². The summed E-state index contributed by atoms with van der Waals surface area (Å²) in [4.78, 5) is 26.4. The maximum atomic E-state index is 14.1. The van der Waals surface area contributed by atoms with Gasteiger partial charge in [-0.15, -0.1) is 0 Å². The number of likely N-dealkylation sites (N-methyl/N-ethyl adjacent to an activating group) is 1. The zero-order valence-corrected chi connectivity index (χ0v) is 25.3. The van der Waals surface area contributed by atoms with Crippen molar-refractivity contribution in [2.75, 3.05) is 50.9 Å². The topological polar surface area (TPSA) is 106 Å². The number of nitrogens with zero attached hydrogens (tertiary/aromatic N) is 4. The van der Waals surface area contributed by atoms with E-state index >= 15 is 0 Å². The molecule has 2 aromatic heterocycles. The van der Waals surface area contributed by atoms with Crippen LogP contribution in [0.3, 0.4) is 0 Å². The van der Waals surface area contributed by atoms with Crippen LogP contribution >= 0.6 is 11.3 Å². The van der Waals surface area contributed by atoms with E-state index in [-0.39, 0.29) is 29.2 Å². The van der Waals surface area contributed by atoms with Gasteiger partial charge in [0.05, 0.1) is 11.1 Å². The second-order valence-electron chi connectivity index (χ2n) is 10.5. The first-order valence-corrected chi connectivity index (χ1v) is 14.8. The molecule has 13 heteroatoms. The highest BCUT2D eigenvalue weighted by Gasteiger charge is 2.34. The predicted molar refractivity (Wildman–Crippen MR) is 166 cm³/mol. The van der Waals surface area contributed by atoms with Crippen molar-refractivity contribution in [2.24, 2.45) is 0 Å². The van der Waals surface area contributed by atoms with Crippen LogP contribution in [0.2, 0.25) is 0 Å². The van der Waals surface area contributed by atoms with Gasteiger partial charge in [0.1, 0.15) is 11.6 Å². The number of piperazine rings is 1. The van der Waals surface area contributed by atoms with Gasteiger partial charge in [-0.3, -0.25) is 9.69 Å². The summed E-state index contributed by atoms with van der Waals surface area (Å²) in [5.41, 5.74) is 1.40. The Labute approximate surface area is 257 Å². The molecular weight excluding hydrogens is 591 g/mol. The van der Waals surface area contributed by atoms with Gasteiger partial charge in [-0.1, -0.05) is 12.1 Å². The molecule has 0 atom stereocenters. The minimum atomic E-state index is -4.58. The molecule has 3 N–H and O–H groups in total. The Hall–Kier alpha value is -4.33. The molecule has 0 radical (unpaired) electrons. The zero-order chi connectivity index (χ0) is 31.4. The number of aromatic nitrogens is 2. The smallest absolute Gasteiger partial charge is 0.416 e. The fraction of sp³-hybridized carbons (Fsp3) is 0.290. The van der Waals surface area contributed by atoms with Crippen LogP contribution in [0, 0.1) is 12.3 Å². The van der Waals surface area contributed by atoms with Gasteiger partial charge in [0, 0.05) is 68.2 Å². The third kappa shape index (κ3) is 7.07. The minimum absolute atomic E-state index is 0.0356. The molecule has 9 nitrogen and oxygen atoms in total. The van der Waals surface area contributed by atoms with Crippen molar-refractivity contribution >= 4 is 35.0 Å². The molecule has 1 aliphatic rings. The summed E-state index contributed by atoms with van der Waals surface area (Å²) in [5, 5.41) is 17.3. The van der Waals surface area contributed by atoms with Crippen molar-refractivity contribution < 1.29 is 22.7 Å². The van der Waals surface area contributed by atoms with Gasteiger partial charge in [0.25, 0.3) is 5.91 Å². The van der Waals surface area contributed by atoms with Crippen LogP contribution in [-0.2, 0) is 12.7 Å². The Morgan fingerprint density at radius 1 is 1.11 bits per heavy atom. The number of ether oxygens (including phenoxy) is 1. The van der Waals surface area contributed by atoms with E-state index in [1.54, 1.807) is 26.1 Å². The Balaban J connectivity index is 1.39. The van der Waals surface area contributed by atoms with Gasteiger partial charge in [-0.25, -0.2) is 4.98 Å². The van der Waals surface area contributed by atoms with Gasteiger partial charge < -0.3 is 25.7 Å². The summed E-state index contributed by atoms with van der Waals surface area (Å²) < 4.78 is 48.3. The predicted octanol–water partition coefficient (Wildman–Crippen LogP) is 6.36. The summed E-state index contributed by atoms with van der Waals surface area (Å²) in [7, 11) is 3.67. The number of benzene rings is 2. The number of halogens is 3. The number of aryl methyl sites for hydroxylation is 1. The molecule has 1 saturated heterocycles. The Morgan fingerprint density at radius 2 is 1.89 bits per heavy atom. The molecule has 44 heavy (non-hydrogen) atoms. The molecule has 4 aromatic rings. The Kier molecular flexibility index (Phi) is 9.28. The molecule has 1 aliphatic heterocycles. The van der Waals surface area contributed by atoms with E-state index in [0.29, 0.717) is 41.6 Å². The van der Waals surface area contributed by atoms with Crippen molar-refractivity contribution in [1.29, 1.82) is 5.41 Å². The van der Waals surface area contributed by atoms with Crippen LogP contribution in [0.1, 0.15) is 32.6 Å². The highest BCUT2D eigenvalue weighted by molar-refractivity contribution is 7.08. The highest BCUT2D eigenvalue weighted by atomic mass is 32.1. The Bertz CT molecular complexity index is 1650. The summed E-state index contributed by atoms with van der Waals surface area (Å²) in [6.45, 7) is 4.93. The third-order valence-corrected chi connectivity index (χ3v) is 8.07. The van der Waals surface area contributed by atoms with Gasteiger partial charge >= 0.3 is 6.18 Å². The summed E-state index contributed by atoms with van der Waals surface area (Å²) in [5.74, 6) is 0.622. The number of carbonyl (C=O) groups is 1. The van der Waals surface area contributed by atoms with Crippen molar-refractivity contribution in [3.05, 3.63) is 81.0 Å². The highest BCUT2D eigenvalue weighted by Crippen LogP contribution is 2.35. The Morgan fingerprint density at radius 3 is 2.55 bits per heavy atom. The molecule has 0 spiro atoms. The fourth-order valence-corrected chi connectivity index (χ4v) is 5.46. The number of rotatable bonds is 9. The molecular formula is C31H32F3N7O2S. The van der Waals surface area contributed by atoms with Crippen molar-refractivity contribution in [1.82, 2.24) is 19.8 Å². The molecule has 230 valence electrons. The van der Waals surface area contributed by atoms with E-state index in [1.165, 1.54) is 29.5 Å². The number of amides is 1. The average Bonchev–Trinajstić information content (AvgIpc) is 3.54. The second-order valence-corrected chi connectivity index (χ2v) is 11.3. The van der Waals surface area contributed by atoms with Crippen LogP contribution in [-0.4, -0.2) is 72.2 Å². The molecule has 1 amide bonds. The maximum absolute atomic E-state index is 14.1. The number of hydrogen-bond donors (Lipinski definition) is 3. The number of hydrogen-bond acceptors (Lipinski definition) is 9.